The normalized spacial score (nSPS) is 17.1. The van der Waals surface area contributed by atoms with Crippen LogP contribution in [0.4, 0.5) is 11.4 Å². The third-order valence-corrected chi connectivity index (χ3v) is 5.15. The van der Waals surface area contributed by atoms with Gasteiger partial charge in [0, 0.05) is 35.6 Å². The van der Waals surface area contributed by atoms with E-state index >= 15 is 0 Å². The van der Waals surface area contributed by atoms with E-state index in [0.717, 1.165) is 17.1 Å². The van der Waals surface area contributed by atoms with Crippen molar-refractivity contribution in [3.05, 3.63) is 83.3 Å². The Morgan fingerprint density at radius 2 is 1.78 bits per heavy atom. The van der Waals surface area contributed by atoms with Crippen molar-refractivity contribution in [2.24, 2.45) is 0 Å². The van der Waals surface area contributed by atoms with Gasteiger partial charge in [0.25, 0.3) is 0 Å². The molecule has 1 heterocycles. The molecule has 2 aromatic rings. The first kappa shape index (κ1) is 18.7. The first-order valence-electron chi connectivity index (χ1n) is 8.61. The second kappa shape index (κ2) is 7.26. The second-order valence-corrected chi connectivity index (χ2v) is 7.33. The quantitative estimate of drug-likeness (QED) is 0.339. The molecule has 136 valence electrons. The van der Waals surface area contributed by atoms with Gasteiger partial charge in [-0.2, -0.15) is 5.26 Å². The molecule has 0 saturated heterocycles. The fourth-order valence-electron chi connectivity index (χ4n) is 3.40. The standard InChI is InChI=1S/C22H21N3OS/c1-22(2)17-11-7-8-12-18(17)25(3)20(22)13-19(26)16(14-23)21(27)24-15-9-5-4-6-10-15/h4-13,26H,1-3H3,(H,24,27). The van der Waals surface area contributed by atoms with Gasteiger partial charge in [-0.3, -0.25) is 0 Å². The molecule has 1 aliphatic rings. The van der Waals surface area contributed by atoms with Crippen molar-refractivity contribution in [1.29, 1.82) is 5.26 Å². The van der Waals surface area contributed by atoms with Gasteiger partial charge < -0.3 is 15.3 Å². The largest absolute Gasteiger partial charge is 0.506 e. The fraction of sp³-hybridized carbons (Fsp3) is 0.182. The molecule has 0 aromatic heterocycles. The van der Waals surface area contributed by atoms with E-state index in [9.17, 15) is 10.4 Å². The summed E-state index contributed by atoms with van der Waals surface area (Å²) in [6.45, 7) is 4.20. The van der Waals surface area contributed by atoms with E-state index < -0.39 is 0 Å². The third kappa shape index (κ3) is 3.44. The van der Waals surface area contributed by atoms with Crippen molar-refractivity contribution in [2.75, 3.05) is 17.3 Å². The van der Waals surface area contributed by atoms with Crippen molar-refractivity contribution in [2.45, 2.75) is 19.3 Å². The molecule has 0 radical (unpaired) electrons. The Morgan fingerprint density at radius 1 is 1.15 bits per heavy atom. The number of fused-ring (bicyclic) bond motifs is 1. The van der Waals surface area contributed by atoms with Crippen molar-refractivity contribution in [3.8, 4) is 6.07 Å². The molecule has 0 spiro atoms. The maximum atomic E-state index is 10.7. The van der Waals surface area contributed by atoms with Crippen LogP contribution in [0.2, 0.25) is 0 Å². The number of allylic oxidation sites excluding steroid dienone is 2. The lowest BCUT2D eigenvalue weighted by molar-refractivity contribution is 0.427. The molecule has 0 unspecified atom stereocenters. The van der Waals surface area contributed by atoms with Crippen molar-refractivity contribution < 1.29 is 5.11 Å². The fourth-order valence-corrected chi connectivity index (χ4v) is 3.67. The van der Waals surface area contributed by atoms with E-state index in [1.807, 2.05) is 66.5 Å². The molecule has 1 aliphatic heterocycles. The summed E-state index contributed by atoms with van der Waals surface area (Å²) in [5.41, 5.74) is 3.67. The summed E-state index contributed by atoms with van der Waals surface area (Å²) in [4.78, 5) is 2.22. The maximum Gasteiger partial charge on any atom is 0.138 e. The van der Waals surface area contributed by atoms with Crippen molar-refractivity contribution in [1.82, 2.24) is 0 Å². The van der Waals surface area contributed by atoms with E-state index in [4.69, 9.17) is 12.2 Å². The molecule has 0 atom stereocenters. The monoisotopic (exact) mass is 375 g/mol. The van der Waals surface area contributed by atoms with Crippen LogP contribution in [-0.2, 0) is 5.41 Å². The molecular weight excluding hydrogens is 354 g/mol. The lowest BCUT2D eigenvalue weighted by Crippen LogP contribution is -2.23. The number of benzene rings is 2. The molecule has 3 rings (SSSR count). The number of nitriles is 1. The minimum absolute atomic E-state index is 0.0431. The smallest absolute Gasteiger partial charge is 0.138 e. The number of aliphatic hydroxyl groups is 1. The molecule has 27 heavy (non-hydrogen) atoms. The number of likely N-dealkylation sites (N-methyl/N-ethyl adjacent to an activating group) is 1. The highest BCUT2D eigenvalue weighted by Crippen LogP contribution is 2.46. The molecule has 2 N–H and O–H groups in total. The van der Waals surface area contributed by atoms with Gasteiger partial charge in [0.05, 0.1) is 0 Å². The molecule has 5 heteroatoms. The zero-order chi connectivity index (χ0) is 19.6. The minimum atomic E-state index is -0.297. The molecular formula is C22H21N3OS. The average molecular weight is 375 g/mol. The Hall–Kier alpha value is -3.10. The van der Waals surface area contributed by atoms with Crippen LogP contribution in [0.15, 0.2) is 77.7 Å². The number of thiocarbonyl (C=S) groups is 1. The predicted molar refractivity (Wildman–Crippen MR) is 114 cm³/mol. The van der Waals surface area contributed by atoms with Crippen molar-refractivity contribution in [3.63, 3.8) is 0 Å². The number of hydrogen-bond donors (Lipinski definition) is 2. The van der Waals surface area contributed by atoms with Gasteiger partial charge in [-0.05, 0) is 23.8 Å². The zero-order valence-corrected chi connectivity index (χ0v) is 16.3. The Balaban J connectivity index is 1.97. The van der Waals surface area contributed by atoms with Gasteiger partial charge in [-0.1, -0.05) is 62.5 Å². The van der Waals surface area contributed by atoms with Gasteiger partial charge in [-0.15, -0.1) is 0 Å². The topological polar surface area (TPSA) is 59.3 Å². The van der Waals surface area contributed by atoms with Gasteiger partial charge in [0.15, 0.2) is 0 Å². The number of rotatable bonds is 3. The summed E-state index contributed by atoms with van der Waals surface area (Å²) >= 11 is 5.34. The number of para-hydroxylation sites is 2. The summed E-state index contributed by atoms with van der Waals surface area (Å²) < 4.78 is 0. The summed E-state index contributed by atoms with van der Waals surface area (Å²) in [5, 5.41) is 23.2. The number of anilines is 2. The van der Waals surface area contributed by atoms with E-state index in [0.29, 0.717) is 0 Å². The van der Waals surface area contributed by atoms with E-state index in [-0.39, 0.29) is 21.7 Å². The Morgan fingerprint density at radius 3 is 2.41 bits per heavy atom. The first-order chi connectivity index (χ1) is 12.9. The lowest BCUT2D eigenvalue weighted by atomic mass is 9.83. The Bertz CT molecular complexity index is 984. The van der Waals surface area contributed by atoms with Crippen LogP contribution < -0.4 is 10.2 Å². The van der Waals surface area contributed by atoms with E-state index in [2.05, 4.69) is 25.2 Å². The summed E-state index contributed by atoms with van der Waals surface area (Å²) in [6, 6.07) is 19.5. The van der Waals surface area contributed by atoms with Crippen LogP contribution >= 0.6 is 12.2 Å². The lowest BCUT2D eigenvalue weighted by Gasteiger charge is -2.24. The number of hydrogen-bond acceptors (Lipinski definition) is 4. The van der Waals surface area contributed by atoms with Gasteiger partial charge in [0.2, 0.25) is 0 Å². The second-order valence-electron chi connectivity index (χ2n) is 6.92. The molecule has 0 bridgehead atoms. The highest BCUT2D eigenvalue weighted by molar-refractivity contribution is 7.81. The molecule has 4 nitrogen and oxygen atoms in total. The zero-order valence-electron chi connectivity index (χ0n) is 15.5. The number of nitrogens with one attached hydrogen (secondary N) is 1. The first-order valence-corrected chi connectivity index (χ1v) is 9.02. The minimum Gasteiger partial charge on any atom is -0.506 e. The van der Waals surface area contributed by atoms with E-state index in [1.54, 1.807) is 6.08 Å². The Labute approximate surface area is 165 Å². The van der Waals surface area contributed by atoms with Crippen LogP contribution in [0.1, 0.15) is 19.4 Å². The SMILES string of the molecule is CN1C(=CC(O)=C(C#N)C(=S)Nc2ccccc2)C(C)(C)c2ccccc21. The van der Waals surface area contributed by atoms with Gasteiger partial charge in [-0.25, -0.2) is 0 Å². The van der Waals surface area contributed by atoms with Gasteiger partial charge in [0.1, 0.15) is 22.4 Å². The van der Waals surface area contributed by atoms with E-state index in [1.165, 1.54) is 5.56 Å². The van der Waals surface area contributed by atoms with Gasteiger partial charge >= 0.3 is 0 Å². The number of nitrogens with zero attached hydrogens (tertiary/aromatic N) is 2. The predicted octanol–water partition coefficient (Wildman–Crippen LogP) is 5.07. The van der Waals surface area contributed by atoms with Crippen LogP contribution in [0, 0.1) is 11.3 Å². The molecule has 0 saturated carbocycles. The van der Waals surface area contributed by atoms with Crippen LogP contribution in [-0.4, -0.2) is 17.1 Å². The highest BCUT2D eigenvalue weighted by atomic mass is 32.1. The van der Waals surface area contributed by atoms with Crippen LogP contribution in [0.5, 0.6) is 0 Å². The van der Waals surface area contributed by atoms with Crippen LogP contribution in [0.3, 0.4) is 0 Å². The Kier molecular flexibility index (Phi) is 5.02. The molecule has 0 aliphatic carbocycles. The van der Waals surface area contributed by atoms with Crippen LogP contribution in [0.25, 0.3) is 0 Å². The maximum absolute atomic E-state index is 10.7. The van der Waals surface area contributed by atoms with Crippen molar-refractivity contribution >= 4 is 28.6 Å². The molecule has 2 aromatic carbocycles. The highest BCUT2D eigenvalue weighted by Gasteiger charge is 2.38. The summed E-state index contributed by atoms with van der Waals surface area (Å²) in [7, 11) is 1.96. The summed E-state index contributed by atoms with van der Waals surface area (Å²) in [6.07, 6.45) is 1.64. The molecule has 0 fully saturated rings. The number of aliphatic hydroxyl groups excluding tert-OH is 1. The average Bonchev–Trinajstić information content (AvgIpc) is 2.84. The summed E-state index contributed by atoms with van der Waals surface area (Å²) in [5.74, 6) is -0.145. The molecule has 0 amide bonds. The third-order valence-electron chi connectivity index (χ3n) is 4.84.